The number of anilines is 1. The summed E-state index contributed by atoms with van der Waals surface area (Å²) in [6, 6.07) is 17.2. The molecule has 0 aliphatic rings. The maximum Gasteiger partial charge on any atom is 0.0375 e. The van der Waals surface area contributed by atoms with E-state index in [1.807, 2.05) is 0 Å². The molecule has 0 aromatic heterocycles. The van der Waals surface area contributed by atoms with Gasteiger partial charge in [-0.25, -0.2) is 0 Å². The molecule has 0 radical (unpaired) electrons. The number of halogens is 1. The van der Waals surface area contributed by atoms with Gasteiger partial charge in [-0.1, -0.05) is 59.3 Å². The molecule has 112 valence electrons. The van der Waals surface area contributed by atoms with Crippen LogP contribution in [0.1, 0.15) is 18.1 Å². The van der Waals surface area contributed by atoms with Crippen LogP contribution in [0.2, 0.25) is 0 Å². The third-order valence-corrected chi connectivity index (χ3v) is 4.36. The summed E-state index contributed by atoms with van der Waals surface area (Å²) in [4.78, 5) is 2.30. The van der Waals surface area contributed by atoms with Gasteiger partial charge in [0.1, 0.15) is 0 Å². The van der Waals surface area contributed by atoms with E-state index >= 15 is 0 Å². The highest BCUT2D eigenvalue weighted by Crippen LogP contribution is 2.23. The second kappa shape index (κ2) is 8.20. The summed E-state index contributed by atoms with van der Waals surface area (Å²) in [7, 11) is 2.15. The first-order valence-electron chi connectivity index (χ1n) is 7.45. The van der Waals surface area contributed by atoms with Crippen molar-refractivity contribution in [2.75, 3.05) is 25.0 Å². The molecule has 21 heavy (non-hydrogen) atoms. The van der Waals surface area contributed by atoms with Gasteiger partial charge in [-0.05, 0) is 36.2 Å². The summed E-state index contributed by atoms with van der Waals surface area (Å²) >= 11 is 3.67. The minimum atomic E-state index is 0.908. The van der Waals surface area contributed by atoms with Gasteiger partial charge in [0.15, 0.2) is 0 Å². The van der Waals surface area contributed by atoms with Gasteiger partial charge in [0.2, 0.25) is 0 Å². The largest absolute Gasteiger partial charge is 0.374 e. The van der Waals surface area contributed by atoms with Crippen LogP contribution < -0.4 is 10.2 Å². The second-order valence-corrected chi connectivity index (χ2v) is 6.07. The Hall–Kier alpha value is -1.32. The van der Waals surface area contributed by atoms with Crippen LogP contribution in [-0.2, 0) is 13.0 Å². The maximum atomic E-state index is 3.67. The highest BCUT2D eigenvalue weighted by Gasteiger charge is 2.05. The van der Waals surface area contributed by atoms with E-state index in [4.69, 9.17) is 0 Å². The summed E-state index contributed by atoms with van der Waals surface area (Å²) in [5.74, 6) is 0. The molecule has 0 saturated carbocycles. The predicted molar refractivity (Wildman–Crippen MR) is 94.9 cm³/mol. The number of nitrogens with one attached hydrogen (secondary N) is 1. The Labute approximate surface area is 136 Å². The molecule has 0 saturated heterocycles. The molecular formula is C18H23BrN2. The van der Waals surface area contributed by atoms with Gasteiger partial charge in [-0.15, -0.1) is 0 Å². The lowest BCUT2D eigenvalue weighted by atomic mass is 10.1. The monoisotopic (exact) mass is 346 g/mol. The summed E-state index contributed by atoms with van der Waals surface area (Å²) in [6.45, 7) is 5.04. The Morgan fingerprint density at radius 1 is 1.10 bits per heavy atom. The van der Waals surface area contributed by atoms with Gasteiger partial charge >= 0.3 is 0 Å². The molecule has 2 aromatic carbocycles. The molecular weight excluding hydrogens is 324 g/mol. The average Bonchev–Trinajstić information content (AvgIpc) is 2.52. The summed E-state index contributed by atoms with van der Waals surface area (Å²) in [5.41, 5.74) is 3.93. The quantitative estimate of drug-likeness (QED) is 0.806. The minimum Gasteiger partial charge on any atom is -0.374 e. The smallest absolute Gasteiger partial charge is 0.0375 e. The van der Waals surface area contributed by atoms with Gasteiger partial charge in [-0.2, -0.15) is 0 Å². The molecule has 2 rings (SSSR count). The minimum absolute atomic E-state index is 0.908. The predicted octanol–water partition coefficient (Wildman–Crippen LogP) is 4.24. The lowest BCUT2D eigenvalue weighted by molar-refractivity contribution is 0.724. The average molecular weight is 347 g/mol. The molecule has 0 aliphatic carbocycles. The first-order valence-corrected chi connectivity index (χ1v) is 8.24. The summed E-state index contributed by atoms with van der Waals surface area (Å²) < 4.78 is 1.17. The number of likely N-dealkylation sites (N-methyl/N-ethyl adjacent to an activating group) is 1. The van der Waals surface area contributed by atoms with Crippen molar-refractivity contribution in [1.82, 2.24) is 5.32 Å². The highest BCUT2D eigenvalue weighted by molar-refractivity contribution is 9.10. The van der Waals surface area contributed by atoms with E-state index in [0.717, 1.165) is 26.1 Å². The van der Waals surface area contributed by atoms with Crippen LogP contribution in [0.15, 0.2) is 53.0 Å². The second-order valence-electron chi connectivity index (χ2n) is 5.21. The van der Waals surface area contributed by atoms with Crippen LogP contribution in [0.4, 0.5) is 5.69 Å². The molecule has 0 bridgehead atoms. The molecule has 0 amide bonds. The van der Waals surface area contributed by atoms with E-state index in [1.165, 1.54) is 21.3 Å². The SMILES string of the molecule is CCNCc1ccc(N(C)CCc2ccccc2)cc1Br. The van der Waals surface area contributed by atoms with Gasteiger partial charge < -0.3 is 10.2 Å². The van der Waals surface area contributed by atoms with Crippen LogP contribution in [0.25, 0.3) is 0 Å². The number of nitrogens with zero attached hydrogens (tertiary/aromatic N) is 1. The number of rotatable bonds is 7. The van der Waals surface area contributed by atoms with E-state index in [0.29, 0.717) is 0 Å². The van der Waals surface area contributed by atoms with Crippen LogP contribution in [0.5, 0.6) is 0 Å². The zero-order chi connectivity index (χ0) is 15.1. The van der Waals surface area contributed by atoms with E-state index in [2.05, 4.69) is 88.6 Å². The number of hydrogen-bond acceptors (Lipinski definition) is 2. The number of hydrogen-bond donors (Lipinski definition) is 1. The van der Waals surface area contributed by atoms with Crippen molar-refractivity contribution in [3.05, 3.63) is 64.1 Å². The fourth-order valence-corrected chi connectivity index (χ4v) is 2.75. The first-order chi connectivity index (χ1) is 10.2. The molecule has 1 N–H and O–H groups in total. The molecule has 0 unspecified atom stereocenters. The fourth-order valence-electron chi connectivity index (χ4n) is 2.25. The number of benzene rings is 2. The lowest BCUT2D eigenvalue weighted by Crippen LogP contribution is -2.20. The molecule has 0 heterocycles. The molecule has 2 aromatic rings. The first kappa shape index (κ1) is 16.1. The Morgan fingerprint density at radius 2 is 1.86 bits per heavy atom. The molecule has 0 fully saturated rings. The van der Waals surface area contributed by atoms with Gasteiger partial charge in [0.05, 0.1) is 0 Å². The van der Waals surface area contributed by atoms with Crippen molar-refractivity contribution in [2.45, 2.75) is 19.9 Å². The topological polar surface area (TPSA) is 15.3 Å². The van der Waals surface area contributed by atoms with Crippen molar-refractivity contribution in [3.8, 4) is 0 Å². The standard InChI is InChI=1S/C18H23BrN2/c1-3-20-14-16-9-10-17(13-18(16)19)21(2)12-11-15-7-5-4-6-8-15/h4-10,13,20H,3,11-12,14H2,1-2H3. The van der Waals surface area contributed by atoms with Crippen molar-refractivity contribution in [2.24, 2.45) is 0 Å². The summed E-state index contributed by atoms with van der Waals surface area (Å²) in [5, 5.41) is 3.36. The molecule has 0 atom stereocenters. The van der Waals surface area contributed by atoms with Crippen LogP contribution in [0.3, 0.4) is 0 Å². The fraction of sp³-hybridized carbons (Fsp3) is 0.333. The van der Waals surface area contributed by atoms with Crippen molar-refractivity contribution < 1.29 is 0 Å². The Balaban J connectivity index is 1.96. The van der Waals surface area contributed by atoms with Crippen molar-refractivity contribution in [1.29, 1.82) is 0 Å². The van der Waals surface area contributed by atoms with E-state index in [1.54, 1.807) is 0 Å². The highest BCUT2D eigenvalue weighted by atomic mass is 79.9. The Bertz CT molecular complexity index is 554. The van der Waals surface area contributed by atoms with Crippen molar-refractivity contribution >= 4 is 21.6 Å². The van der Waals surface area contributed by atoms with Crippen molar-refractivity contribution in [3.63, 3.8) is 0 Å². The maximum absolute atomic E-state index is 3.67. The third kappa shape index (κ3) is 4.87. The van der Waals surface area contributed by atoms with Gasteiger partial charge in [0.25, 0.3) is 0 Å². The Morgan fingerprint density at radius 3 is 2.52 bits per heavy atom. The zero-order valence-electron chi connectivity index (χ0n) is 12.8. The lowest BCUT2D eigenvalue weighted by Gasteiger charge is -2.20. The van der Waals surface area contributed by atoms with Crippen LogP contribution >= 0.6 is 15.9 Å². The van der Waals surface area contributed by atoms with Crippen LogP contribution in [0, 0.1) is 0 Å². The van der Waals surface area contributed by atoms with E-state index < -0.39 is 0 Å². The summed E-state index contributed by atoms with van der Waals surface area (Å²) in [6.07, 6.45) is 1.06. The van der Waals surface area contributed by atoms with E-state index in [-0.39, 0.29) is 0 Å². The molecule has 2 nitrogen and oxygen atoms in total. The van der Waals surface area contributed by atoms with E-state index in [9.17, 15) is 0 Å². The Kier molecular flexibility index (Phi) is 6.27. The third-order valence-electron chi connectivity index (χ3n) is 3.62. The van der Waals surface area contributed by atoms with Crippen LogP contribution in [-0.4, -0.2) is 20.1 Å². The van der Waals surface area contributed by atoms with Gasteiger partial charge in [0, 0.05) is 30.3 Å². The zero-order valence-corrected chi connectivity index (χ0v) is 14.4. The normalized spacial score (nSPS) is 10.6. The molecule has 0 aliphatic heterocycles. The molecule has 3 heteroatoms. The molecule has 0 spiro atoms. The van der Waals surface area contributed by atoms with Gasteiger partial charge in [-0.3, -0.25) is 0 Å².